The molecule has 1 aromatic rings. The van der Waals surface area contributed by atoms with Gasteiger partial charge < -0.3 is 10.4 Å². The van der Waals surface area contributed by atoms with Gasteiger partial charge in [0.25, 0.3) is 0 Å². The second kappa shape index (κ2) is 5.16. The van der Waals surface area contributed by atoms with Gasteiger partial charge in [-0.3, -0.25) is 0 Å². The SMILES string of the molecule is O=C(O)N[N+]1(Cc2ccccc2)CCNCC1. The van der Waals surface area contributed by atoms with Crippen molar-refractivity contribution < 1.29 is 14.5 Å². The smallest absolute Gasteiger partial charge is 0.449 e. The van der Waals surface area contributed by atoms with E-state index in [2.05, 4.69) is 10.7 Å². The Morgan fingerprint density at radius 3 is 2.53 bits per heavy atom. The Kier molecular flexibility index (Phi) is 3.61. The second-order valence-corrected chi connectivity index (χ2v) is 4.40. The quantitative estimate of drug-likeness (QED) is 0.680. The van der Waals surface area contributed by atoms with Gasteiger partial charge in [0.1, 0.15) is 19.6 Å². The van der Waals surface area contributed by atoms with E-state index in [1.807, 2.05) is 30.3 Å². The third-order valence-corrected chi connectivity index (χ3v) is 3.09. The van der Waals surface area contributed by atoms with Crippen LogP contribution in [0, 0.1) is 0 Å². The van der Waals surface area contributed by atoms with Crippen molar-refractivity contribution in [2.75, 3.05) is 26.2 Å². The Morgan fingerprint density at radius 1 is 1.29 bits per heavy atom. The van der Waals surface area contributed by atoms with Gasteiger partial charge in [-0.15, -0.1) is 0 Å². The molecule has 0 aromatic heterocycles. The van der Waals surface area contributed by atoms with Gasteiger partial charge in [0.15, 0.2) is 0 Å². The van der Waals surface area contributed by atoms with Crippen LogP contribution in [-0.2, 0) is 6.54 Å². The first-order valence-corrected chi connectivity index (χ1v) is 5.82. The van der Waals surface area contributed by atoms with E-state index in [1.54, 1.807) is 0 Å². The third kappa shape index (κ3) is 3.18. The van der Waals surface area contributed by atoms with Gasteiger partial charge in [0.2, 0.25) is 0 Å². The molecule has 5 heteroatoms. The van der Waals surface area contributed by atoms with E-state index >= 15 is 0 Å². The first-order valence-electron chi connectivity index (χ1n) is 5.82. The summed E-state index contributed by atoms with van der Waals surface area (Å²) in [7, 11) is 0. The van der Waals surface area contributed by atoms with Crippen molar-refractivity contribution in [2.45, 2.75) is 6.54 Å². The fourth-order valence-electron chi connectivity index (χ4n) is 2.27. The van der Waals surface area contributed by atoms with Crippen molar-refractivity contribution >= 4 is 6.09 Å². The predicted octanol–water partition coefficient (Wildman–Crippen LogP) is 0.789. The van der Waals surface area contributed by atoms with Crippen molar-refractivity contribution in [3.63, 3.8) is 0 Å². The maximum absolute atomic E-state index is 10.9. The molecule has 1 aromatic carbocycles. The monoisotopic (exact) mass is 236 g/mol. The third-order valence-electron chi connectivity index (χ3n) is 3.09. The zero-order valence-corrected chi connectivity index (χ0v) is 9.72. The molecule has 0 unspecified atom stereocenters. The van der Waals surface area contributed by atoms with Crippen LogP contribution in [-0.4, -0.2) is 42.0 Å². The molecule has 0 aliphatic carbocycles. The van der Waals surface area contributed by atoms with Crippen LogP contribution in [0.2, 0.25) is 0 Å². The molecule has 1 aliphatic heterocycles. The van der Waals surface area contributed by atoms with Gasteiger partial charge in [0.05, 0.1) is 0 Å². The lowest BCUT2D eigenvalue weighted by Crippen LogP contribution is -2.66. The molecular weight excluding hydrogens is 218 g/mol. The molecule has 1 heterocycles. The van der Waals surface area contributed by atoms with Crippen molar-refractivity contribution in [3.8, 4) is 0 Å². The number of nitrogens with zero attached hydrogens (tertiary/aromatic N) is 1. The summed E-state index contributed by atoms with van der Waals surface area (Å²) in [4.78, 5) is 10.9. The van der Waals surface area contributed by atoms with Gasteiger partial charge in [-0.2, -0.15) is 5.43 Å². The molecule has 92 valence electrons. The molecule has 17 heavy (non-hydrogen) atoms. The normalized spacial score (nSPS) is 18.6. The van der Waals surface area contributed by atoms with E-state index in [0.717, 1.165) is 31.7 Å². The Labute approximate surface area is 101 Å². The van der Waals surface area contributed by atoms with Crippen molar-refractivity contribution in [1.29, 1.82) is 0 Å². The fraction of sp³-hybridized carbons (Fsp3) is 0.417. The Morgan fingerprint density at radius 2 is 1.94 bits per heavy atom. The number of hydrogen-bond donors (Lipinski definition) is 3. The van der Waals surface area contributed by atoms with Gasteiger partial charge in [-0.25, -0.2) is 9.39 Å². The minimum atomic E-state index is -0.956. The van der Waals surface area contributed by atoms with E-state index in [-0.39, 0.29) is 0 Å². The molecule has 0 bridgehead atoms. The highest BCUT2D eigenvalue weighted by Crippen LogP contribution is 2.12. The standard InChI is InChI=1S/C12H17N3O2/c16-12(17)14-15(8-6-13-7-9-15)10-11-4-2-1-3-5-11/h1-5,13-14H,6-10H2/p+1. The molecule has 1 fully saturated rings. The zero-order chi connectivity index (χ0) is 12.1. The molecule has 2 rings (SSSR count). The van der Waals surface area contributed by atoms with E-state index in [0.29, 0.717) is 11.1 Å². The second-order valence-electron chi connectivity index (χ2n) is 4.40. The molecule has 3 N–H and O–H groups in total. The Balaban J connectivity index is 2.12. The minimum absolute atomic E-state index is 0.409. The molecule has 0 radical (unpaired) electrons. The van der Waals surface area contributed by atoms with Gasteiger partial charge in [0, 0.05) is 18.7 Å². The molecular formula is C12H18N3O2+. The first-order chi connectivity index (χ1) is 8.20. The Bertz CT molecular complexity index is 375. The molecule has 0 saturated carbocycles. The molecule has 1 saturated heterocycles. The van der Waals surface area contributed by atoms with Crippen LogP contribution in [0.5, 0.6) is 0 Å². The van der Waals surface area contributed by atoms with Crippen LogP contribution in [0.3, 0.4) is 0 Å². The predicted molar refractivity (Wildman–Crippen MR) is 64.2 cm³/mol. The van der Waals surface area contributed by atoms with Crippen molar-refractivity contribution in [1.82, 2.24) is 10.7 Å². The number of hydrogen-bond acceptors (Lipinski definition) is 2. The topological polar surface area (TPSA) is 61.4 Å². The molecule has 0 spiro atoms. The van der Waals surface area contributed by atoms with E-state index in [9.17, 15) is 4.79 Å². The summed E-state index contributed by atoms with van der Waals surface area (Å²) in [6.07, 6.45) is -0.956. The van der Waals surface area contributed by atoms with Crippen LogP contribution >= 0.6 is 0 Å². The van der Waals surface area contributed by atoms with E-state index < -0.39 is 6.09 Å². The lowest BCUT2D eigenvalue weighted by atomic mass is 10.2. The number of carbonyl (C=O) groups is 1. The zero-order valence-electron chi connectivity index (χ0n) is 9.72. The summed E-state index contributed by atoms with van der Waals surface area (Å²) in [5, 5.41) is 12.2. The largest absolute Gasteiger partial charge is 0.462 e. The highest BCUT2D eigenvalue weighted by Gasteiger charge is 2.32. The molecule has 1 amide bonds. The summed E-state index contributed by atoms with van der Waals surface area (Å²) in [6.45, 7) is 3.94. The average Bonchev–Trinajstić information content (AvgIpc) is 2.30. The van der Waals surface area contributed by atoms with E-state index in [4.69, 9.17) is 5.11 Å². The molecule has 1 aliphatic rings. The number of piperazine rings is 1. The summed E-state index contributed by atoms with van der Waals surface area (Å²) >= 11 is 0. The molecule has 5 nitrogen and oxygen atoms in total. The van der Waals surface area contributed by atoms with Crippen molar-refractivity contribution in [2.24, 2.45) is 0 Å². The van der Waals surface area contributed by atoms with Crippen LogP contribution in [0.25, 0.3) is 0 Å². The van der Waals surface area contributed by atoms with Crippen LogP contribution in [0.4, 0.5) is 4.79 Å². The maximum atomic E-state index is 10.9. The lowest BCUT2D eigenvalue weighted by molar-refractivity contribution is -0.975. The van der Waals surface area contributed by atoms with Gasteiger partial charge >= 0.3 is 6.09 Å². The number of amides is 1. The van der Waals surface area contributed by atoms with Crippen molar-refractivity contribution in [3.05, 3.63) is 35.9 Å². The minimum Gasteiger partial charge on any atom is -0.462 e. The summed E-state index contributed by atoms with van der Waals surface area (Å²) < 4.78 is 0.409. The first kappa shape index (κ1) is 11.9. The average molecular weight is 236 g/mol. The molecule has 0 atom stereocenters. The Hall–Kier alpha value is -1.59. The number of benzene rings is 1. The van der Waals surface area contributed by atoms with Gasteiger partial charge in [-0.05, 0) is 0 Å². The van der Waals surface area contributed by atoms with Crippen LogP contribution in [0.1, 0.15) is 5.56 Å². The number of quaternary nitrogens is 1. The number of rotatable bonds is 3. The van der Waals surface area contributed by atoms with Gasteiger partial charge in [-0.1, -0.05) is 30.3 Å². The number of nitrogens with one attached hydrogen (secondary N) is 2. The fourth-order valence-corrected chi connectivity index (χ4v) is 2.27. The highest BCUT2D eigenvalue weighted by atomic mass is 16.4. The number of carboxylic acid groups (broad SMARTS) is 1. The van der Waals surface area contributed by atoms with E-state index in [1.165, 1.54) is 0 Å². The van der Waals surface area contributed by atoms with Crippen LogP contribution < -0.4 is 10.7 Å². The maximum Gasteiger partial charge on any atom is 0.449 e. The summed E-state index contributed by atoms with van der Waals surface area (Å²) in [6, 6.07) is 10.00. The highest BCUT2D eigenvalue weighted by molar-refractivity contribution is 5.62. The van der Waals surface area contributed by atoms with Crippen LogP contribution in [0.15, 0.2) is 30.3 Å². The summed E-state index contributed by atoms with van der Waals surface area (Å²) in [5.41, 5.74) is 3.81. The lowest BCUT2D eigenvalue weighted by Gasteiger charge is -2.39. The summed E-state index contributed by atoms with van der Waals surface area (Å²) in [5.74, 6) is 0.